The summed E-state index contributed by atoms with van der Waals surface area (Å²) in [6.07, 6.45) is 0. The van der Waals surface area contributed by atoms with E-state index < -0.39 is 0 Å². The second-order valence-corrected chi connectivity index (χ2v) is 5.27. The van der Waals surface area contributed by atoms with E-state index in [-0.39, 0.29) is 0 Å². The molecule has 1 aromatic heterocycles. The highest BCUT2D eigenvalue weighted by Crippen LogP contribution is 2.32. The number of benzene rings is 2. The van der Waals surface area contributed by atoms with Gasteiger partial charge < -0.3 is 0 Å². The van der Waals surface area contributed by atoms with Crippen LogP contribution in [0.25, 0.3) is 22.0 Å². The van der Waals surface area contributed by atoms with Crippen molar-refractivity contribution in [1.82, 2.24) is 10.2 Å². The number of rotatable bonds is 1. The number of fused-ring (bicyclic) bond motifs is 1. The van der Waals surface area contributed by atoms with Crippen molar-refractivity contribution < 1.29 is 0 Å². The fourth-order valence-electron chi connectivity index (χ4n) is 1.97. The van der Waals surface area contributed by atoms with E-state index in [0.717, 1.165) is 16.3 Å². The average Bonchev–Trinajstić information content (AvgIpc) is 2.38. The minimum Gasteiger partial charge on any atom is -0.148 e. The standard InChI is InChI=1S/C14H7Cl3N2/c15-9-5-8(6-10(16)7-9)13-11-3-1-2-4-12(11)14(17)19-18-13/h1-7H. The predicted octanol–water partition coefficient (Wildman–Crippen LogP) is 5.26. The molecule has 5 heteroatoms. The molecule has 0 fully saturated rings. The molecule has 0 amide bonds. The van der Waals surface area contributed by atoms with Crippen LogP contribution in [0.1, 0.15) is 0 Å². The molecule has 0 atom stereocenters. The van der Waals surface area contributed by atoms with Gasteiger partial charge in [-0.25, -0.2) is 0 Å². The van der Waals surface area contributed by atoms with Crippen molar-refractivity contribution in [2.24, 2.45) is 0 Å². The van der Waals surface area contributed by atoms with Crippen molar-refractivity contribution in [1.29, 1.82) is 0 Å². The molecule has 0 radical (unpaired) electrons. The van der Waals surface area contributed by atoms with Gasteiger partial charge in [0.1, 0.15) is 5.69 Å². The highest BCUT2D eigenvalue weighted by molar-refractivity contribution is 6.35. The Morgan fingerprint density at radius 1 is 0.737 bits per heavy atom. The van der Waals surface area contributed by atoms with Crippen molar-refractivity contribution in [3.05, 3.63) is 57.7 Å². The van der Waals surface area contributed by atoms with Crippen molar-refractivity contribution in [3.63, 3.8) is 0 Å². The summed E-state index contributed by atoms with van der Waals surface area (Å²) in [7, 11) is 0. The predicted molar refractivity (Wildman–Crippen MR) is 80.0 cm³/mol. The van der Waals surface area contributed by atoms with Crippen molar-refractivity contribution >= 4 is 45.6 Å². The summed E-state index contributed by atoms with van der Waals surface area (Å²) in [5.74, 6) is 0. The Balaban J connectivity index is 2.34. The minimum absolute atomic E-state index is 0.382. The van der Waals surface area contributed by atoms with E-state index in [0.29, 0.717) is 20.9 Å². The molecule has 0 aliphatic carbocycles. The van der Waals surface area contributed by atoms with Gasteiger partial charge in [0.05, 0.1) is 0 Å². The van der Waals surface area contributed by atoms with Crippen LogP contribution < -0.4 is 0 Å². The summed E-state index contributed by atoms with van der Waals surface area (Å²) in [6.45, 7) is 0. The highest BCUT2D eigenvalue weighted by Gasteiger charge is 2.10. The first-order chi connectivity index (χ1) is 9.15. The van der Waals surface area contributed by atoms with Crippen molar-refractivity contribution in [2.75, 3.05) is 0 Å². The van der Waals surface area contributed by atoms with E-state index in [2.05, 4.69) is 10.2 Å². The highest BCUT2D eigenvalue weighted by atomic mass is 35.5. The zero-order valence-corrected chi connectivity index (χ0v) is 11.8. The number of aromatic nitrogens is 2. The molecule has 1 heterocycles. The lowest BCUT2D eigenvalue weighted by Gasteiger charge is -2.07. The zero-order chi connectivity index (χ0) is 13.4. The van der Waals surface area contributed by atoms with Gasteiger partial charge in [0, 0.05) is 26.4 Å². The number of hydrogen-bond acceptors (Lipinski definition) is 2. The number of halogens is 3. The summed E-state index contributed by atoms with van der Waals surface area (Å²) in [5, 5.41) is 11.4. The Kier molecular flexibility index (Phi) is 3.31. The van der Waals surface area contributed by atoms with Crippen molar-refractivity contribution in [3.8, 4) is 11.3 Å². The molecule has 3 rings (SSSR count). The van der Waals surface area contributed by atoms with Crippen LogP contribution >= 0.6 is 34.8 Å². The van der Waals surface area contributed by atoms with Gasteiger partial charge in [-0.15, -0.1) is 10.2 Å². The lowest BCUT2D eigenvalue weighted by molar-refractivity contribution is 1.06. The Hall–Kier alpha value is -1.35. The molecule has 0 aliphatic rings. The third-order valence-corrected chi connectivity index (χ3v) is 3.49. The largest absolute Gasteiger partial charge is 0.159 e. The number of nitrogens with zero attached hydrogens (tertiary/aromatic N) is 2. The van der Waals surface area contributed by atoms with E-state index in [1.807, 2.05) is 24.3 Å². The number of hydrogen-bond donors (Lipinski definition) is 0. The normalized spacial score (nSPS) is 10.9. The molecule has 0 saturated heterocycles. The molecule has 3 aromatic rings. The Bertz CT molecular complexity index is 751. The maximum atomic E-state index is 6.05. The minimum atomic E-state index is 0.382. The fraction of sp³-hybridized carbons (Fsp3) is 0. The molecule has 0 N–H and O–H groups in total. The summed E-state index contributed by atoms with van der Waals surface area (Å²) in [5.41, 5.74) is 1.53. The van der Waals surface area contributed by atoms with E-state index in [9.17, 15) is 0 Å². The van der Waals surface area contributed by atoms with Crippen LogP contribution in [0, 0.1) is 0 Å². The van der Waals surface area contributed by atoms with Crippen LogP contribution in [0.2, 0.25) is 15.2 Å². The third kappa shape index (κ3) is 2.39. The van der Waals surface area contributed by atoms with E-state index >= 15 is 0 Å². The Labute approximate surface area is 124 Å². The molecule has 19 heavy (non-hydrogen) atoms. The monoisotopic (exact) mass is 308 g/mol. The van der Waals surface area contributed by atoms with Gasteiger partial charge in [-0.2, -0.15) is 0 Å². The molecule has 0 aliphatic heterocycles. The summed E-state index contributed by atoms with van der Waals surface area (Å²) < 4.78 is 0. The van der Waals surface area contributed by atoms with Crippen LogP contribution in [0.3, 0.4) is 0 Å². The molecule has 2 nitrogen and oxygen atoms in total. The first-order valence-corrected chi connectivity index (χ1v) is 6.66. The summed E-state index contributed by atoms with van der Waals surface area (Å²) in [4.78, 5) is 0. The molecule has 0 bridgehead atoms. The topological polar surface area (TPSA) is 25.8 Å². The second-order valence-electron chi connectivity index (χ2n) is 4.04. The second kappa shape index (κ2) is 4.97. The van der Waals surface area contributed by atoms with Crippen LogP contribution in [-0.4, -0.2) is 10.2 Å². The summed E-state index contributed by atoms with van der Waals surface area (Å²) >= 11 is 18.1. The Morgan fingerprint density at radius 2 is 1.37 bits per heavy atom. The quantitative estimate of drug-likeness (QED) is 0.613. The average molecular weight is 310 g/mol. The van der Waals surface area contributed by atoms with Crippen LogP contribution in [-0.2, 0) is 0 Å². The van der Waals surface area contributed by atoms with Gasteiger partial charge in [-0.05, 0) is 18.2 Å². The molecule has 94 valence electrons. The van der Waals surface area contributed by atoms with Crippen LogP contribution in [0.5, 0.6) is 0 Å². The SMILES string of the molecule is Clc1cc(Cl)cc(-c2nnc(Cl)c3ccccc23)c1. The van der Waals surface area contributed by atoms with Crippen molar-refractivity contribution in [2.45, 2.75) is 0 Å². The Morgan fingerprint density at radius 3 is 2.05 bits per heavy atom. The van der Waals surface area contributed by atoms with Crippen LogP contribution in [0.15, 0.2) is 42.5 Å². The van der Waals surface area contributed by atoms with Gasteiger partial charge in [0.25, 0.3) is 0 Å². The third-order valence-electron chi connectivity index (χ3n) is 2.78. The lowest BCUT2D eigenvalue weighted by atomic mass is 10.1. The van der Waals surface area contributed by atoms with E-state index in [1.165, 1.54) is 0 Å². The van der Waals surface area contributed by atoms with Gasteiger partial charge in [0.15, 0.2) is 5.15 Å². The first-order valence-electron chi connectivity index (χ1n) is 5.52. The summed E-state index contributed by atoms with van der Waals surface area (Å²) in [6, 6.07) is 13.0. The first kappa shape index (κ1) is 12.7. The molecule has 2 aromatic carbocycles. The van der Waals surface area contributed by atoms with Gasteiger partial charge >= 0.3 is 0 Å². The van der Waals surface area contributed by atoms with Gasteiger partial charge in [0.2, 0.25) is 0 Å². The fourth-order valence-corrected chi connectivity index (χ4v) is 2.70. The smallest absolute Gasteiger partial charge is 0.148 e. The van der Waals surface area contributed by atoms with Gasteiger partial charge in [-0.3, -0.25) is 0 Å². The van der Waals surface area contributed by atoms with Crippen LogP contribution in [0.4, 0.5) is 0 Å². The van der Waals surface area contributed by atoms with E-state index in [4.69, 9.17) is 34.8 Å². The molecular formula is C14H7Cl3N2. The molecule has 0 unspecified atom stereocenters. The molecule has 0 saturated carbocycles. The molecular weight excluding hydrogens is 303 g/mol. The maximum absolute atomic E-state index is 6.05. The van der Waals surface area contributed by atoms with Gasteiger partial charge in [-0.1, -0.05) is 59.1 Å². The van der Waals surface area contributed by atoms with E-state index in [1.54, 1.807) is 18.2 Å². The lowest BCUT2D eigenvalue weighted by Crippen LogP contribution is -1.91. The zero-order valence-electron chi connectivity index (χ0n) is 9.57. The molecule has 0 spiro atoms. The maximum Gasteiger partial charge on any atom is 0.159 e.